The highest BCUT2D eigenvalue weighted by atomic mass is 16.5. The fourth-order valence-corrected chi connectivity index (χ4v) is 2.61. The Balaban J connectivity index is 1.59. The maximum atomic E-state index is 6.18. The maximum Gasteiger partial charge on any atom is 0.228 e. The highest BCUT2D eigenvalue weighted by molar-refractivity contribution is 5.04. The third kappa shape index (κ3) is 2.12. The summed E-state index contributed by atoms with van der Waals surface area (Å²) >= 11 is 0. The summed E-state index contributed by atoms with van der Waals surface area (Å²) in [7, 11) is 0. The standard InChI is InChI=1S/C12H19N3O/c13-10(8-3-1-2-4-8)7-11-14-12(15-16-11)9-5-6-9/h8-10H,1-7,13H2. The number of nitrogens with zero attached hydrogens (tertiary/aromatic N) is 2. The lowest BCUT2D eigenvalue weighted by Gasteiger charge is -2.16. The largest absolute Gasteiger partial charge is 0.339 e. The van der Waals surface area contributed by atoms with E-state index in [1.807, 2.05) is 0 Å². The van der Waals surface area contributed by atoms with Crippen LogP contribution in [-0.4, -0.2) is 16.2 Å². The zero-order valence-electron chi connectivity index (χ0n) is 9.56. The molecule has 4 nitrogen and oxygen atoms in total. The van der Waals surface area contributed by atoms with Gasteiger partial charge in [-0.25, -0.2) is 0 Å². The van der Waals surface area contributed by atoms with Crippen LogP contribution < -0.4 is 5.73 Å². The maximum absolute atomic E-state index is 6.18. The molecule has 1 aromatic heterocycles. The van der Waals surface area contributed by atoms with Crippen molar-refractivity contribution in [3.8, 4) is 0 Å². The van der Waals surface area contributed by atoms with E-state index in [9.17, 15) is 0 Å². The molecule has 3 rings (SSSR count). The smallest absolute Gasteiger partial charge is 0.228 e. The van der Waals surface area contributed by atoms with E-state index in [2.05, 4.69) is 10.1 Å². The molecule has 1 atom stereocenters. The fourth-order valence-electron chi connectivity index (χ4n) is 2.61. The normalized spacial score (nSPS) is 23.8. The molecule has 2 aliphatic carbocycles. The van der Waals surface area contributed by atoms with Crippen LogP contribution in [-0.2, 0) is 6.42 Å². The van der Waals surface area contributed by atoms with Gasteiger partial charge in [-0.2, -0.15) is 4.98 Å². The molecule has 16 heavy (non-hydrogen) atoms. The second kappa shape index (κ2) is 4.17. The van der Waals surface area contributed by atoms with Gasteiger partial charge in [0.1, 0.15) is 0 Å². The molecule has 1 unspecified atom stereocenters. The quantitative estimate of drug-likeness (QED) is 0.844. The Bertz CT molecular complexity index is 353. The van der Waals surface area contributed by atoms with E-state index in [1.165, 1.54) is 38.5 Å². The van der Waals surface area contributed by atoms with Crippen molar-refractivity contribution < 1.29 is 4.52 Å². The molecular weight excluding hydrogens is 202 g/mol. The molecule has 0 amide bonds. The average molecular weight is 221 g/mol. The van der Waals surface area contributed by atoms with Crippen LogP contribution in [0.2, 0.25) is 0 Å². The molecule has 2 saturated carbocycles. The number of hydrogen-bond donors (Lipinski definition) is 1. The van der Waals surface area contributed by atoms with Crippen LogP contribution in [0.25, 0.3) is 0 Å². The summed E-state index contributed by atoms with van der Waals surface area (Å²) < 4.78 is 5.26. The minimum Gasteiger partial charge on any atom is -0.339 e. The first-order valence-electron chi connectivity index (χ1n) is 6.41. The lowest BCUT2D eigenvalue weighted by molar-refractivity contribution is 0.338. The summed E-state index contributed by atoms with van der Waals surface area (Å²) in [6, 6.07) is 0.204. The molecule has 0 bridgehead atoms. The lowest BCUT2D eigenvalue weighted by atomic mass is 9.96. The van der Waals surface area contributed by atoms with Gasteiger partial charge in [-0.15, -0.1) is 0 Å². The number of aromatic nitrogens is 2. The zero-order chi connectivity index (χ0) is 11.0. The SMILES string of the molecule is NC(Cc1nc(C2CC2)no1)C1CCCC1. The molecule has 0 radical (unpaired) electrons. The van der Waals surface area contributed by atoms with E-state index >= 15 is 0 Å². The van der Waals surface area contributed by atoms with Gasteiger partial charge in [-0.05, 0) is 31.6 Å². The summed E-state index contributed by atoms with van der Waals surface area (Å²) in [5.74, 6) is 2.87. The molecule has 1 aromatic rings. The highest BCUT2D eigenvalue weighted by Gasteiger charge is 2.30. The van der Waals surface area contributed by atoms with Gasteiger partial charge in [0.2, 0.25) is 5.89 Å². The lowest BCUT2D eigenvalue weighted by Crippen LogP contribution is -2.30. The van der Waals surface area contributed by atoms with E-state index in [0.717, 1.165) is 18.1 Å². The predicted molar refractivity (Wildman–Crippen MR) is 59.9 cm³/mol. The van der Waals surface area contributed by atoms with Gasteiger partial charge in [0.15, 0.2) is 5.82 Å². The van der Waals surface area contributed by atoms with Gasteiger partial charge in [-0.3, -0.25) is 0 Å². The third-order valence-corrected chi connectivity index (χ3v) is 3.84. The fraction of sp³-hybridized carbons (Fsp3) is 0.833. The summed E-state index contributed by atoms with van der Waals surface area (Å²) in [5, 5.41) is 4.02. The Morgan fingerprint density at radius 2 is 2.00 bits per heavy atom. The van der Waals surface area contributed by atoms with E-state index in [0.29, 0.717) is 11.8 Å². The van der Waals surface area contributed by atoms with Gasteiger partial charge >= 0.3 is 0 Å². The minimum absolute atomic E-state index is 0.204. The van der Waals surface area contributed by atoms with Crippen molar-refractivity contribution in [2.45, 2.75) is 56.9 Å². The average Bonchev–Trinajstić information content (AvgIpc) is 2.82. The topological polar surface area (TPSA) is 64.9 Å². The molecule has 88 valence electrons. The van der Waals surface area contributed by atoms with E-state index in [-0.39, 0.29) is 6.04 Å². The molecule has 2 aliphatic rings. The van der Waals surface area contributed by atoms with Crippen molar-refractivity contribution in [3.05, 3.63) is 11.7 Å². The van der Waals surface area contributed by atoms with Gasteiger partial charge < -0.3 is 10.3 Å². The molecule has 1 heterocycles. The van der Waals surface area contributed by atoms with Crippen LogP contribution in [0.4, 0.5) is 0 Å². The van der Waals surface area contributed by atoms with Crippen molar-refractivity contribution in [3.63, 3.8) is 0 Å². The van der Waals surface area contributed by atoms with Gasteiger partial charge in [0.25, 0.3) is 0 Å². The van der Waals surface area contributed by atoms with Crippen LogP contribution >= 0.6 is 0 Å². The first-order chi connectivity index (χ1) is 7.83. The van der Waals surface area contributed by atoms with Crippen molar-refractivity contribution in [2.24, 2.45) is 11.7 Å². The minimum atomic E-state index is 0.204. The van der Waals surface area contributed by atoms with Gasteiger partial charge in [0, 0.05) is 18.4 Å². The van der Waals surface area contributed by atoms with Crippen molar-refractivity contribution in [1.29, 1.82) is 0 Å². The molecule has 0 aromatic carbocycles. The Morgan fingerprint density at radius 1 is 1.25 bits per heavy atom. The Kier molecular flexibility index (Phi) is 2.67. The van der Waals surface area contributed by atoms with Crippen molar-refractivity contribution in [1.82, 2.24) is 10.1 Å². The second-order valence-corrected chi connectivity index (χ2v) is 5.23. The van der Waals surface area contributed by atoms with Crippen LogP contribution in [0.3, 0.4) is 0 Å². The summed E-state index contributed by atoms with van der Waals surface area (Å²) in [4.78, 5) is 4.43. The summed E-state index contributed by atoms with van der Waals surface area (Å²) in [6.07, 6.45) is 8.38. The van der Waals surface area contributed by atoms with Crippen molar-refractivity contribution >= 4 is 0 Å². The molecule has 4 heteroatoms. The van der Waals surface area contributed by atoms with E-state index in [4.69, 9.17) is 10.3 Å². The Morgan fingerprint density at radius 3 is 2.69 bits per heavy atom. The van der Waals surface area contributed by atoms with Crippen LogP contribution in [0.1, 0.15) is 56.2 Å². The summed E-state index contributed by atoms with van der Waals surface area (Å²) in [6.45, 7) is 0. The van der Waals surface area contributed by atoms with E-state index < -0.39 is 0 Å². The molecule has 2 N–H and O–H groups in total. The third-order valence-electron chi connectivity index (χ3n) is 3.84. The first-order valence-corrected chi connectivity index (χ1v) is 6.41. The first kappa shape index (κ1) is 10.3. The predicted octanol–water partition coefficient (Wildman–Crippen LogP) is 2.01. The zero-order valence-corrected chi connectivity index (χ0v) is 9.56. The monoisotopic (exact) mass is 221 g/mol. The second-order valence-electron chi connectivity index (χ2n) is 5.23. The van der Waals surface area contributed by atoms with Crippen LogP contribution in [0.5, 0.6) is 0 Å². The van der Waals surface area contributed by atoms with Crippen LogP contribution in [0.15, 0.2) is 4.52 Å². The molecular formula is C12H19N3O. The summed E-state index contributed by atoms with van der Waals surface area (Å²) in [5.41, 5.74) is 6.18. The molecule has 0 spiro atoms. The van der Waals surface area contributed by atoms with Gasteiger partial charge in [-0.1, -0.05) is 18.0 Å². The van der Waals surface area contributed by atoms with Crippen molar-refractivity contribution in [2.75, 3.05) is 0 Å². The van der Waals surface area contributed by atoms with E-state index in [1.54, 1.807) is 0 Å². The van der Waals surface area contributed by atoms with Crippen LogP contribution in [0, 0.1) is 5.92 Å². The van der Waals surface area contributed by atoms with Gasteiger partial charge in [0.05, 0.1) is 0 Å². The Hall–Kier alpha value is -0.900. The molecule has 0 saturated heterocycles. The molecule has 0 aliphatic heterocycles. The highest BCUT2D eigenvalue weighted by Crippen LogP contribution is 2.38. The number of nitrogens with two attached hydrogens (primary N) is 1. The number of rotatable bonds is 4. The number of hydrogen-bond acceptors (Lipinski definition) is 4. The Labute approximate surface area is 95.6 Å². The molecule has 2 fully saturated rings.